The summed E-state index contributed by atoms with van der Waals surface area (Å²) in [5.74, 6) is 0. The van der Waals surface area contributed by atoms with Crippen molar-refractivity contribution < 1.29 is 0 Å². The molecule has 0 amide bonds. The van der Waals surface area contributed by atoms with Gasteiger partial charge in [0.2, 0.25) is 0 Å². The number of rotatable bonds is 3. The summed E-state index contributed by atoms with van der Waals surface area (Å²) in [4.78, 5) is 2.50. The minimum Gasteiger partial charge on any atom is -0.317 e. The number of nitrogens with one attached hydrogen (secondary N) is 1. The van der Waals surface area contributed by atoms with Gasteiger partial charge in [-0.3, -0.25) is 4.90 Å². The first kappa shape index (κ1) is 14.5. The first-order chi connectivity index (χ1) is 7.75. The maximum atomic E-state index is 3.42. The number of piperidine rings is 1. The Morgan fingerprint density at radius 3 is 2.65 bits per heavy atom. The Kier molecular flexibility index (Phi) is 5.96. The number of hydrogen-bond acceptors (Lipinski definition) is 2. The number of hydrogen-bond donors (Lipinski definition) is 1. The smallest absolute Gasteiger partial charge is 0.0233 e. The summed E-state index contributed by atoms with van der Waals surface area (Å²) in [6.07, 6.45) is 2.56. The molecule has 0 atom stereocenters. The van der Waals surface area contributed by atoms with Crippen molar-refractivity contribution in [1.82, 2.24) is 10.2 Å². The second-order valence-corrected chi connectivity index (χ2v) is 4.89. The predicted molar refractivity (Wildman–Crippen MR) is 75.8 cm³/mol. The van der Waals surface area contributed by atoms with E-state index in [0.717, 1.165) is 12.6 Å². The molecule has 1 aromatic rings. The molecule has 17 heavy (non-hydrogen) atoms. The van der Waals surface area contributed by atoms with Crippen LogP contribution in [0.4, 0.5) is 0 Å². The minimum atomic E-state index is 0. The molecule has 0 bridgehead atoms. The van der Waals surface area contributed by atoms with Crippen LogP contribution in [0.1, 0.15) is 24.0 Å². The van der Waals surface area contributed by atoms with Gasteiger partial charge in [0.1, 0.15) is 0 Å². The zero-order chi connectivity index (χ0) is 11.4. The lowest BCUT2D eigenvalue weighted by Gasteiger charge is -2.31. The Morgan fingerprint density at radius 2 is 2.00 bits per heavy atom. The van der Waals surface area contributed by atoms with E-state index in [4.69, 9.17) is 0 Å². The molecule has 1 heterocycles. The zero-order valence-corrected chi connectivity index (χ0v) is 11.6. The quantitative estimate of drug-likeness (QED) is 0.892. The maximum absolute atomic E-state index is 3.42. The zero-order valence-electron chi connectivity index (χ0n) is 10.8. The molecule has 1 fully saturated rings. The summed E-state index contributed by atoms with van der Waals surface area (Å²) in [5, 5.41) is 3.42. The van der Waals surface area contributed by atoms with Crippen LogP contribution < -0.4 is 5.32 Å². The molecule has 96 valence electrons. The van der Waals surface area contributed by atoms with E-state index in [1.807, 2.05) is 0 Å². The highest BCUT2D eigenvalue weighted by molar-refractivity contribution is 5.85. The second kappa shape index (κ2) is 7.00. The summed E-state index contributed by atoms with van der Waals surface area (Å²) in [7, 11) is 2.25. The van der Waals surface area contributed by atoms with Crippen LogP contribution in [0, 0.1) is 6.92 Å². The molecule has 2 rings (SSSR count). The number of nitrogens with zero attached hydrogens (tertiary/aromatic N) is 1. The minimum absolute atomic E-state index is 0. The van der Waals surface area contributed by atoms with E-state index < -0.39 is 0 Å². The summed E-state index contributed by atoms with van der Waals surface area (Å²) >= 11 is 0. The van der Waals surface area contributed by atoms with Gasteiger partial charge in [0.15, 0.2) is 0 Å². The monoisotopic (exact) mass is 254 g/mol. The first-order valence-electron chi connectivity index (χ1n) is 6.22. The Morgan fingerprint density at radius 1 is 1.29 bits per heavy atom. The van der Waals surface area contributed by atoms with E-state index in [1.54, 1.807) is 0 Å². The molecule has 1 saturated heterocycles. The van der Waals surface area contributed by atoms with Gasteiger partial charge in [-0.15, -0.1) is 12.4 Å². The molecule has 1 aromatic carbocycles. The Bertz CT molecular complexity index is 335. The van der Waals surface area contributed by atoms with Crippen molar-refractivity contribution in [3.63, 3.8) is 0 Å². The lowest BCUT2D eigenvalue weighted by Crippen LogP contribution is -2.40. The van der Waals surface area contributed by atoms with Gasteiger partial charge in [-0.25, -0.2) is 0 Å². The first-order valence-corrected chi connectivity index (χ1v) is 6.22. The van der Waals surface area contributed by atoms with Crippen LogP contribution in [-0.2, 0) is 6.54 Å². The van der Waals surface area contributed by atoms with E-state index in [-0.39, 0.29) is 12.4 Å². The number of aryl methyl sites for hydroxylation is 1. The summed E-state index contributed by atoms with van der Waals surface area (Å²) in [6, 6.07) is 9.58. The highest BCUT2D eigenvalue weighted by Crippen LogP contribution is 2.14. The van der Waals surface area contributed by atoms with Gasteiger partial charge in [0, 0.05) is 12.6 Å². The highest BCUT2D eigenvalue weighted by atomic mass is 35.5. The van der Waals surface area contributed by atoms with Crippen molar-refractivity contribution in [2.75, 3.05) is 20.1 Å². The topological polar surface area (TPSA) is 15.3 Å². The molecular weight excluding hydrogens is 232 g/mol. The molecule has 0 spiro atoms. The fourth-order valence-corrected chi connectivity index (χ4v) is 2.48. The largest absolute Gasteiger partial charge is 0.317 e. The molecule has 0 aromatic heterocycles. The van der Waals surface area contributed by atoms with Crippen molar-refractivity contribution in [3.8, 4) is 0 Å². The SMILES string of the molecule is Cc1cccc(CN(C)C2CCNCC2)c1.Cl. The Balaban J connectivity index is 0.00000144. The molecule has 1 aliphatic rings. The summed E-state index contributed by atoms with van der Waals surface area (Å²) in [6.45, 7) is 5.58. The van der Waals surface area contributed by atoms with Crippen LogP contribution in [-0.4, -0.2) is 31.1 Å². The van der Waals surface area contributed by atoms with Crippen LogP contribution in [0.2, 0.25) is 0 Å². The van der Waals surface area contributed by atoms with Crippen molar-refractivity contribution in [2.24, 2.45) is 0 Å². The third-order valence-corrected chi connectivity index (χ3v) is 3.45. The number of halogens is 1. The van der Waals surface area contributed by atoms with E-state index >= 15 is 0 Å². The average Bonchev–Trinajstić information content (AvgIpc) is 2.30. The normalized spacial score (nSPS) is 16.9. The van der Waals surface area contributed by atoms with Gasteiger partial charge in [-0.05, 0) is 45.5 Å². The van der Waals surface area contributed by atoms with E-state index in [1.165, 1.54) is 37.1 Å². The van der Waals surface area contributed by atoms with E-state index in [2.05, 4.69) is 48.5 Å². The maximum Gasteiger partial charge on any atom is 0.0233 e. The molecular formula is C14H23ClN2. The standard InChI is InChI=1S/C14H22N2.ClH/c1-12-4-3-5-13(10-12)11-16(2)14-6-8-15-9-7-14;/h3-5,10,14-15H,6-9,11H2,1-2H3;1H. The molecule has 2 nitrogen and oxygen atoms in total. The lowest BCUT2D eigenvalue weighted by molar-refractivity contribution is 0.192. The third-order valence-electron chi connectivity index (χ3n) is 3.45. The van der Waals surface area contributed by atoms with Crippen molar-refractivity contribution in [1.29, 1.82) is 0 Å². The summed E-state index contributed by atoms with van der Waals surface area (Å²) < 4.78 is 0. The molecule has 3 heteroatoms. The van der Waals surface area contributed by atoms with Gasteiger partial charge in [0.25, 0.3) is 0 Å². The van der Waals surface area contributed by atoms with Gasteiger partial charge >= 0.3 is 0 Å². The fourth-order valence-electron chi connectivity index (χ4n) is 2.48. The van der Waals surface area contributed by atoms with E-state index in [9.17, 15) is 0 Å². The fraction of sp³-hybridized carbons (Fsp3) is 0.571. The van der Waals surface area contributed by atoms with Gasteiger partial charge in [-0.1, -0.05) is 29.8 Å². The molecule has 0 unspecified atom stereocenters. The Hall–Kier alpha value is -0.570. The molecule has 0 saturated carbocycles. The van der Waals surface area contributed by atoms with Gasteiger partial charge in [-0.2, -0.15) is 0 Å². The van der Waals surface area contributed by atoms with Crippen LogP contribution in [0.5, 0.6) is 0 Å². The third kappa shape index (κ3) is 4.30. The second-order valence-electron chi connectivity index (χ2n) is 4.89. The number of benzene rings is 1. The van der Waals surface area contributed by atoms with Crippen LogP contribution >= 0.6 is 12.4 Å². The molecule has 0 radical (unpaired) electrons. The van der Waals surface area contributed by atoms with Crippen molar-refractivity contribution >= 4 is 12.4 Å². The molecule has 1 aliphatic heterocycles. The van der Waals surface area contributed by atoms with Gasteiger partial charge < -0.3 is 5.32 Å². The van der Waals surface area contributed by atoms with Crippen molar-refractivity contribution in [2.45, 2.75) is 32.4 Å². The van der Waals surface area contributed by atoms with Gasteiger partial charge in [0.05, 0.1) is 0 Å². The van der Waals surface area contributed by atoms with Crippen LogP contribution in [0.3, 0.4) is 0 Å². The van der Waals surface area contributed by atoms with Crippen LogP contribution in [0.25, 0.3) is 0 Å². The predicted octanol–water partition coefficient (Wildman–Crippen LogP) is 2.60. The average molecular weight is 255 g/mol. The summed E-state index contributed by atoms with van der Waals surface area (Å²) in [5.41, 5.74) is 2.79. The lowest BCUT2D eigenvalue weighted by atomic mass is 10.0. The van der Waals surface area contributed by atoms with Crippen LogP contribution in [0.15, 0.2) is 24.3 Å². The Labute approximate surface area is 111 Å². The molecule has 1 N–H and O–H groups in total. The molecule has 0 aliphatic carbocycles. The highest BCUT2D eigenvalue weighted by Gasteiger charge is 2.17. The van der Waals surface area contributed by atoms with Crippen molar-refractivity contribution in [3.05, 3.63) is 35.4 Å². The van der Waals surface area contributed by atoms with E-state index in [0.29, 0.717) is 0 Å².